The molecule has 0 fully saturated rings. The number of hydrogen-bond donors (Lipinski definition) is 0. The molecule has 0 radical (unpaired) electrons. The van der Waals surface area contributed by atoms with Crippen LogP contribution in [0.2, 0.25) is 15.1 Å². The number of benzene rings is 2. The topological polar surface area (TPSA) is 9.23 Å². The average Bonchev–Trinajstić information content (AvgIpc) is 2.43. The fourth-order valence-electron chi connectivity index (χ4n) is 1.93. The Bertz CT molecular complexity index is 643. The van der Waals surface area contributed by atoms with Crippen LogP contribution in [0.5, 0.6) is 5.75 Å². The van der Waals surface area contributed by atoms with Gasteiger partial charge in [-0.25, -0.2) is 0 Å². The maximum Gasteiger partial charge on any atom is 0.138 e. The first kappa shape index (κ1) is 16.0. The lowest BCUT2D eigenvalue weighted by atomic mass is 10.0. The maximum absolute atomic E-state index is 6.36. The van der Waals surface area contributed by atoms with Gasteiger partial charge < -0.3 is 4.74 Å². The summed E-state index contributed by atoms with van der Waals surface area (Å²) in [6.45, 7) is 1.97. The summed E-state index contributed by atoms with van der Waals surface area (Å²) in [5, 5.41) is 1.81. The van der Waals surface area contributed by atoms with Crippen LogP contribution in [-0.2, 0) is 0 Å². The summed E-state index contributed by atoms with van der Waals surface area (Å²) in [5.41, 5.74) is 2.82. The van der Waals surface area contributed by atoms with Crippen LogP contribution < -0.4 is 4.74 Å². The van der Waals surface area contributed by atoms with Crippen molar-refractivity contribution in [3.05, 3.63) is 62.1 Å². The van der Waals surface area contributed by atoms with Crippen molar-refractivity contribution in [2.24, 2.45) is 0 Å². The zero-order valence-corrected chi connectivity index (χ0v) is 14.7. The van der Waals surface area contributed by atoms with E-state index in [1.807, 2.05) is 25.1 Å². The fourth-order valence-corrected chi connectivity index (χ4v) is 3.70. The summed E-state index contributed by atoms with van der Waals surface area (Å²) < 4.78 is 5.15. The quantitative estimate of drug-likeness (QED) is 0.544. The van der Waals surface area contributed by atoms with Gasteiger partial charge in [0.2, 0.25) is 0 Å². The highest BCUT2D eigenvalue weighted by Gasteiger charge is 2.19. The number of aryl methyl sites for hydroxylation is 1. The third-order valence-corrected chi connectivity index (χ3v) is 5.16. The van der Waals surface area contributed by atoms with Crippen LogP contribution in [0.25, 0.3) is 0 Å². The first-order valence-electron chi connectivity index (χ1n) is 5.87. The number of hydrogen-bond acceptors (Lipinski definition) is 1. The zero-order valence-electron chi connectivity index (χ0n) is 10.9. The first-order chi connectivity index (χ1) is 9.45. The summed E-state index contributed by atoms with van der Waals surface area (Å²) in [6.07, 6.45) is 0. The Morgan fingerprint density at radius 2 is 1.75 bits per heavy atom. The minimum absolute atomic E-state index is 0.134. The van der Waals surface area contributed by atoms with Crippen molar-refractivity contribution < 1.29 is 4.74 Å². The van der Waals surface area contributed by atoms with Crippen LogP contribution in [0, 0.1) is 6.92 Å². The van der Waals surface area contributed by atoms with Gasteiger partial charge in [-0.05, 0) is 29.7 Å². The Morgan fingerprint density at radius 1 is 1.05 bits per heavy atom. The van der Waals surface area contributed by atoms with Crippen LogP contribution in [-0.4, -0.2) is 7.11 Å². The van der Waals surface area contributed by atoms with E-state index >= 15 is 0 Å². The first-order valence-corrected chi connectivity index (χ1v) is 7.92. The number of rotatable bonds is 3. The van der Waals surface area contributed by atoms with Crippen LogP contribution >= 0.6 is 50.7 Å². The summed E-state index contributed by atoms with van der Waals surface area (Å²) in [5.74, 6) is 0.551. The molecular formula is C15H12BrCl3O. The molecule has 0 saturated heterocycles. The van der Waals surface area contributed by atoms with Gasteiger partial charge in [0.1, 0.15) is 5.75 Å². The average molecular weight is 395 g/mol. The van der Waals surface area contributed by atoms with Crippen molar-refractivity contribution >= 4 is 50.7 Å². The van der Waals surface area contributed by atoms with E-state index in [0.717, 1.165) is 21.7 Å². The van der Waals surface area contributed by atoms with Gasteiger partial charge in [-0.15, -0.1) is 0 Å². The van der Waals surface area contributed by atoms with E-state index in [1.165, 1.54) is 0 Å². The van der Waals surface area contributed by atoms with E-state index in [-0.39, 0.29) is 4.83 Å². The molecule has 5 heteroatoms. The molecular weight excluding hydrogens is 382 g/mol. The van der Waals surface area contributed by atoms with Gasteiger partial charge in [-0.2, -0.15) is 0 Å². The standard InChI is InChI=1S/C15H12BrCl3O/c1-8-4-3-5-9(15(8)19)14(16)10-6-12(18)13(20-2)7-11(10)17/h3-7,14H,1-2H3. The molecule has 0 saturated carbocycles. The Morgan fingerprint density at radius 3 is 2.40 bits per heavy atom. The van der Waals surface area contributed by atoms with E-state index in [0.29, 0.717) is 15.8 Å². The summed E-state index contributed by atoms with van der Waals surface area (Å²) in [7, 11) is 1.56. The molecule has 0 N–H and O–H groups in total. The molecule has 0 aromatic heterocycles. The number of ether oxygens (including phenoxy) is 1. The van der Waals surface area contributed by atoms with Crippen molar-refractivity contribution in [1.82, 2.24) is 0 Å². The van der Waals surface area contributed by atoms with Gasteiger partial charge >= 0.3 is 0 Å². The van der Waals surface area contributed by atoms with Crippen molar-refractivity contribution in [3.63, 3.8) is 0 Å². The van der Waals surface area contributed by atoms with Crippen molar-refractivity contribution in [2.45, 2.75) is 11.8 Å². The number of halogens is 4. The van der Waals surface area contributed by atoms with Crippen LogP contribution in [0.3, 0.4) is 0 Å². The molecule has 2 rings (SSSR count). The Balaban J connectivity index is 2.51. The normalized spacial score (nSPS) is 12.3. The van der Waals surface area contributed by atoms with E-state index in [1.54, 1.807) is 19.2 Å². The maximum atomic E-state index is 6.36. The number of methoxy groups -OCH3 is 1. The minimum Gasteiger partial charge on any atom is -0.495 e. The SMILES string of the molecule is COc1cc(Cl)c(C(Br)c2cccc(C)c2Cl)cc1Cl. The Labute approximate surface area is 141 Å². The molecule has 0 amide bonds. The molecule has 0 aliphatic rings. The summed E-state index contributed by atoms with van der Waals surface area (Å²) >= 11 is 22.5. The number of alkyl halides is 1. The van der Waals surface area contributed by atoms with Gasteiger partial charge in [-0.1, -0.05) is 68.9 Å². The molecule has 2 aromatic carbocycles. The molecule has 0 bridgehead atoms. The third-order valence-electron chi connectivity index (χ3n) is 3.04. The van der Waals surface area contributed by atoms with Gasteiger partial charge in [0.25, 0.3) is 0 Å². The fraction of sp³-hybridized carbons (Fsp3) is 0.200. The smallest absolute Gasteiger partial charge is 0.138 e. The lowest BCUT2D eigenvalue weighted by Gasteiger charge is -2.16. The van der Waals surface area contributed by atoms with E-state index in [2.05, 4.69) is 15.9 Å². The lowest BCUT2D eigenvalue weighted by molar-refractivity contribution is 0.415. The second-order valence-electron chi connectivity index (χ2n) is 4.35. The third kappa shape index (κ3) is 3.09. The molecule has 1 nitrogen and oxygen atoms in total. The van der Waals surface area contributed by atoms with Crippen LogP contribution in [0.1, 0.15) is 21.5 Å². The highest BCUT2D eigenvalue weighted by Crippen LogP contribution is 2.42. The molecule has 106 valence electrons. The molecule has 0 aliphatic heterocycles. The van der Waals surface area contributed by atoms with E-state index in [9.17, 15) is 0 Å². The Hall–Kier alpha value is -0.410. The lowest BCUT2D eigenvalue weighted by Crippen LogP contribution is -1.97. The molecule has 0 heterocycles. The predicted octanol–water partition coefficient (Wildman–Crippen LogP) is 6.45. The van der Waals surface area contributed by atoms with Gasteiger partial charge in [-0.3, -0.25) is 0 Å². The van der Waals surface area contributed by atoms with Crippen molar-refractivity contribution in [2.75, 3.05) is 7.11 Å². The molecule has 1 atom stereocenters. The van der Waals surface area contributed by atoms with Crippen LogP contribution in [0.4, 0.5) is 0 Å². The minimum atomic E-state index is -0.134. The molecule has 0 spiro atoms. The molecule has 2 aromatic rings. The molecule has 0 aliphatic carbocycles. The second-order valence-corrected chi connectivity index (χ2v) is 6.46. The highest BCUT2D eigenvalue weighted by molar-refractivity contribution is 9.09. The van der Waals surface area contributed by atoms with Gasteiger partial charge in [0, 0.05) is 16.1 Å². The van der Waals surface area contributed by atoms with E-state index in [4.69, 9.17) is 39.5 Å². The van der Waals surface area contributed by atoms with Crippen LogP contribution in [0.15, 0.2) is 30.3 Å². The van der Waals surface area contributed by atoms with Crippen molar-refractivity contribution in [3.8, 4) is 5.75 Å². The largest absolute Gasteiger partial charge is 0.495 e. The molecule has 1 unspecified atom stereocenters. The summed E-state index contributed by atoms with van der Waals surface area (Å²) in [4.78, 5) is -0.134. The second kappa shape index (κ2) is 6.57. The highest BCUT2D eigenvalue weighted by atomic mass is 79.9. The van der Waals surface area contributed by atoms with Crippen molar-refractivity contribution in [1.29, 1.82) is 0 Å². The monoisotopic (exact) mass is 392 g/mol. The van der Waals surface area contributed by atoms with E-state index < -0.39 is 0 Å². The Kier molecular flexibility index (Phi) is 5.25. The van der Waals surface area contributed by atoms with Gasteiger partial charge in [0.15, 0.2) is 0 Å². The predicted molar refractivity (Wildman–Crippen MR) is 90.0 cm³/mol. The molecule has 20 heavy (non-hydrogen) atoms. The summed E-state index contributed by atoms with van der Waals surface area (Å²) in [6, 6.07) is 9.39. The zero-order chi connectivity index (χ0) is 14.9. The van der Waals surface area contributed by atoms with Gasteiger partial charge in [0.05, 0.1) is 17.0 Å².